The number of carbonyl (C=O) groups excluding carboxylic acids is 1. The molecule has 1 saturated heterocycles. The number of aliphatic hydroxyl groups is 1. The third-order valence-electron chi connectivity index (χ3n) is 5.45. The standard InChI is InChI=1S/C20H33N3O2/c1-3-15(2)19(21)20(25)22-13-16-9-11-23(12-10-16)14-18(24)17-7-5-4-6-8-17/h4-8,15-16,18-19,24H,3,9-14,21H2,1-2H3,(H,22,25). The van der Waals surface area contributed by atoms with E-state index < -0.39 is 12.1 Å². The quantitative estimate of drug-likeness (QED) is 0.671. The second-order valence-corrected chi connectivity index (χ2v) is 7.33. The Morgan fingerprint density at radius 2 is 1.96 bits per heavy atom. The van der Waals surface area contributed by atoms with Gasteiger partial charge in [-0.25, -0.2) is 0 Å². The monoisotopic (exact) mass is 347 g/mol. The van der Waals surface area contributed by atoms with Gasteiger partial charge in [0.15, 0.2) is 0 Å². The lowest BCUT2D eigenvalue weighted by atomic mass is 9.95. The van der Waals surface area contributed by atoms with Gasteiger partial charge >= 0.3 is 0 Å². The SMILES string of the molecule is CCC(C)C(N)C(=O)NCC1CCN(CC(O)c2ccccc2)CC1. The Bertz CT molecular complexity index is 515. The second kappa shape index (κ2) is 9.90. The molecule has 0 aliphatic carbocycles. The van der Waals surface area contributed by atoms with E-state index >= 15 is 0 Å². The molecule has 2 rings (SSSR count). The molecule has 1 aromatic carbocycles. The normalized spacial score (nSPS) is 20.0. The molecule has 1 amide bonds. The van der Waals surface area contributed by atoms with E-state index in [4.69, 9.17) is 5.73 Å². The van der Waals surface area contributed by atoms with Crippen LogP contribution in [0, 0.1) is 11.8 Å². The van der Waals surface area contributed by atoms with Crippen LogP contribution in [-0.4, -0.2) is 48.1 Å². The van der Waals surface area contributed by atoms with Crippen LogP contribution in [0.1, 0.15) is 44.8 Å². The second-order valence-electron chi connectivity index (χ2n) is 7.33. The average molecular weight is 348 g/mol. The van der Waals surface area contributed by atoms with Crippen molar-refractivity contribution in [2.24, 2.45) is 17.6 Å². The van der Waals surface area contributed by atoms with Crippen LogP contribution in [0.5, 0.6) is 0 Å². The number of piperidine rings is 1. The number of benzene rings is 1. The van der Waals surface area contributed by atoms with E-state index in [9.17, 15) is 9.90 Å². The fourth-order valence-electron chi connectivity index (χ4n) is 3.27. The summed E-state index contributed by atoms with van der Waals surface area (Å²) in [6.45, 7) is 7.36. The Morgan fingerprint density at radius 3 is 2.56 bits per heavy atom. The van der Waals surface area contributed by atoms with Gasteiger partial charge in [-0.3, -0.25) is 4.79 Å². The van der Waals surface area contributed by atoms with E-state index in [2.05, 4.69) is 17.1 Å². The minimum absolute atomic E-state index is 0.0312. The molecule has 1 fully saturated rings. The van der Waals surface area contributed by atoms with Gasteiger partial charge in [-0.1, -0.05) is 50.6 Å². The Kier molecular flexibility index (Phi) is 7.88. The van der Waals surface area contributed by atoms with E-state index in [1.807, 2.05) is 37.3 Å². The lowest BCUT2D eigenvalue weighted by Gasteiger charge is -2.33. The first-order chi connectivity index (χ1) is 12.0. The van der Waals surface area contributed by atoms with E-state index in [-0.39, 0.29) is 11.8 Å². The molecule has 0 aromatic heterocycles. The van der Waals surface area contributed by atoms with Gasteiger partial charge in [-0.05, 0) is 43.3 Å². The first-order valence-electron chi connectivity index (χ1n) is 9.49. The van der Waals surface area contributed by atoms with Gasteiger partial charge < -0.3 is 21.1 Å². The lowest BCUT2D eigenvalue weighted by Crippen LogP contribution is -2.47. The number of β-amino-alcohol motifs (C(OH)–C–C–N with tert-alkyl or cyclic N) is 1. The lowest BCUT2D eigenvalue weighted by molar-refractivity contribution is -0.123. The highest BCUT2D eigenvalue weighted by atomic mass is 16.3. The van der Waals surface area contributed by atoms with Crippen LogP contribution in [0.15, 0.2) is 30.3 Å². The number of amides is 1. The van der Waals surface area contributed by atoms with Crippen molar-refractivity contribution in [2.45, 2.75) is 45.3 Å². The number of aliphatic hydroxyl groups excluding tert-OH is 1. The predicted molar refractivity (Wildman–Crippen MR) is 101 cm³/mol. The maximum Gasteiger partial charge on any atom is 0.237 e. The topological polar surface area (TPSA) is 78.6 Å². The molecule has 1 aliphatic rings. The van der Waals surface area contributed by atoms with Crippen LogP contribution >= 0.6 is 0 Å². The van der Waals surface area contributed by atoms with Gasteiger partial charge in [0.05, 0.1) is 12.1 Å². The van der Waals surface area contributed by atoms with Crippen LogP contribution in [0.2, 0.25) is 0 Å². The molecule has 25 heavy (non-hydrogen) atoms. The molecule has 0 bridgehead atoms. The number of hydrogen-bond acceptors (Lipinski definition) is 4. The van der Waals surface area contributed by atoms with Crippen LogP contribution < -0.4 is 11.1 Å². The molecule has 1 heterocycles. The molecule has 3 atom stereocenters. The zero-order chi connectivity index (χ0) is 18.2. The Morgan fingerprint density at radius 1 is 1.32 bits per heavy atom. The van der Waals surface area contributed by atoms with Gasteiger partial charge in [0.25, 0.3) is 0 Å². The number of nitrogens with one attached hydrogen (secondary N) is 1. The van der Waals surface area contributed by atoms with Crippen molar-refractivity contribution < 1.29 is 9.90 Å². The largest absolute Gasteiger partial charge is 0.387 e. The number of carbonyl (C=O) groups is 1. The summed E-state index contributed by atoms with van der Waals surface area (Å²) in [7, 11) is 0. The van der Waals surface area contributed by atoms with Crippen molar-refractivity contribution in [2.75, 3.05) is 26.2 Å². The van der Waals surface area contributed by atoms with Crippen molar-refractivity contribution in [3.8, 4) is 0 Å². The van der Waals surface area contributed by atoms with Gasteiger partial charge in [0.1, 0.15) is 0 Å². The van der Waals surface area contributed by atoms with Crippen LogP contribution in [0.4, 0.5) is 0 Å². The first kappa shape index (κ1) is 19.9. The van der Waals surface area contributed by atoms with Gasteiger partial charge in [0.2, 0.25) is 5.91 Å². The molecule has 4 N–H and O–H groups in total. The molecular formula is C20H33N3O2. The van der Waals surface area contributed by atoms with Crippen LogP contribution in [0.3, 0.4) is 0 Å². The highest BCUT2D eigenvalue weighted by Gasteiger charge is 2.24. The minimum Gasteiger partial charge on any atom is -0.387 e. The zero-order valence-corrected chi connectivity index (χ0v) is 15.5. The smallest absolute Gasteiger partial charge is 0.237 e. The van der Waals surface area contributed by atoms with E-state index in [1.165, 1.54) is 0 Å². The first-order valence-corrected chi connectivity index (χ1v) is 9.49. The molecule has 0 radical (unpaired) electrons. The number of nitrogens with zero attached hydrogens (tertiary/aromatic N) is 1. The van der Waals surface area contributed by atoms with E-state index in [0.717, 1.165) is 37.9 Å². The fourth-order valence-corrected chi connectivity index (χ4v) is 3.27. The fraction of sp³-hybridized carbons (Fsp3) is 0.650. The van der Waals surface area contributed by atoms with Crippen molar-refractivity contribution >= 4 is 5.91 Å². The Balaban J connectivity index is 1.68. The minimum atomic E-state index is -0.439. The number of likely N-dealkylation sites (tertiary alicyclic amines) is 1. The average Bonchev–Trinajstić information content (AvgIpc) is 2.66. The summed E-state index contributed by atoms with van der Waals surface area (Å²) < 4.78 is 0. The van der Waals surface area contributed by atoms with Crippen LogP contribution in [-0.2, 0) is 4.79 Å². The molecule has 3 unspecified atom stereocenters. The third kappa shape index (κ3) is 6.10. The summed E-state index contributed by atoms with van der Waals surface area (Å²) in [5.41, 5.74) is 6.94. The molecule has 1 aromatic rings. The summed E-state index contributed by atoms with van der Waals surface area (Å²) in [4.78, 5) is 14.4. The number of nitrogens with two attached hydrogens (primary N) is 1. The molecule has 1 aliphatic heterocycles. The Hall–Kier alpha value is -1.43. The van der Waals surface area contributed by atoms with E-state index in [1.54, 1.807) is 0 Å². The summed E-state index contributed by atoms with van der Waals surface area (Å²) in [6.07, 6.45) is 2.56. The summed E-state index contributed by atoms with van der Waals surface area (Å²) >= 11 is 0. The van der Waals surface area contributed by atoms with Crippen molar-refractivity contribution in [1.82, 2.24) is 10.2 Å². The maximum atomic E-state index is 12.1. The molecule has 0 saturated carbocycles. The van der Waals surface area contributed by atoms with Crippen LogP contribution in [0.25, 0.3) is 0 Å². The molecule has 140 valence electrons. The van der Waals surface area contributed by atoms with E-state index in [0.29, 0.717) is 19.0 Å². The Labute approximate surface area is 151 Å². The zero-order valence-electron chi connectivity index (χ0n) is 15.5. The molecule has 5 heteroatoms. The summed E-state index contributed by atoms with van der Waals surface area (Å²) in [5, 5.41) is 13.4. The molecule has 0 spiro atoms. The highest BCUT2D eigenvalue weighted by Crippen LogP contribution is 2.20. The predicted octanol–water partition coefficient (Wildman–Crippen LogP) is 1.92. The third-order valence-corrected chi connectivity index (χ3v) is 5.45. The molecular weight excluding hydrogens is 314 g/mol. The number of rotatable bonds is 8. The van der Waals surface area contributed by atoms with Gasteiger partial charge in [-0.2, -0.15) is 0 Å². The van der Waals surface area contributed by atoms with Crippen molar-refractivity contribution in [1.29, 1.82) is 0 Å². The van der Waals surface area contributed by atoms with Gasteiger partial charge in [0, 0.05) is 13.1 Å². The summed E-state index contributed by atoms with van der Waals surface area (Å²) in [5.74, 6) is 0.677. The highest BCUT2D eigenvalue weighted by molar-refractivity contribution is 5.81. The summed E-state index contributed by atoms with van der Waals surface area (Å²) in [6, 6.07) is 9.39. The number of hydrogen-bond donors (Lipinski definition) is 3. The van der Waals surface area contributed by atoms with Crippen molar-refractivity contribution in [3.05, 3.63) is 35.9 Å². The van der Waals surface area contributed by atoms with Crippen molar-refractivity contribution in [3.63, 3.8) is 0 Å². The molecule has 5 nitrogen and oxygen atoms in total. The van der Waals surface area contributed by atoms with Gasteiger partial charge in [-0.15, -0.1) is 0 Å². The maximum absolute atomic E-state index is 12.1.